The van der Waals surface area contributed by atoms with Gasteiger partial charge in [0.2, 0.25) is 0 Å². The summed E-state index contributed by atoms with van der Waals surface area (Å²) in [7, 11) is 2.12. The summed E-state index contributed by atoms with van der Waals surface area (Å²) in [5.74, 6) is 0.582. The highest BCUT2D eigenvalue weighted by atomic mass is 79.9. The molecule has 1 atom stereocenters. The third-order valence-electron chi connectivity index (χ3n) is 3.87. The summed E-state index contributed by atoms with van der Waals surface area (Å²) in [6.45, 7) is 6.01. The fourth-order valence-corrected chi connectivity index (χ4v) is 3.02. The number of nitro benzene ring substituents is 1. The number of nitrogens with zero attached hydrogens (tertiary/aromatic N) is 3. The second-order valence-electron chi connectivity index (χ2n) is 5.35. The van der Waals surface area contributed by atoms with E-state index in [1.54, 1.807) is 12.1 Å². The van der Waals surface area contributed by atoms with Crippen LogP contribution in [0.1, 0.15) is 13.3 Å². The summed E-state index contributed by atoms with van der Waals surface area (Å²) in [4.78, 5) is 15.3. The Morgan fingerprint density at radius 2 is 2.30 bits per heavy atom. The molecule has 1 fully saturated rings. The van der Waals surface area contributed by atoms with Gasteiger partial charge in [-0.25, -0.2) is 0 Å². The molecule has 0 N–H and O–H groups in total. The molecule has 20 heavy (non-hydrogen) atoms. The van der Waals surface area contributed by atoms with Gasteiger partial charge in [-0.3, -0.25) is 10.1 Å². The van der Waals surface area contributed by atoms with Crippen molar-refractivity contribution in [3.8, 4) is 0 Å². The Labute approximate surface area is 127 Å². The summed E-state index contributed by atoms with van der Waals surface area (Å²) >= 11 is 3.40. The van der Waals surface area contributed by atoms with Crippen molar-refractivity contribution in [3.63, 3.8) is 0 Å². The van der Waals surface area contributed by atoms with E-state index in [4.69, 9.17) is 0 Å². The molecule has 6 heteroatoms. The summed E-state index contributed by atoms with van der Waals surface area (Å²) in [5.41, 5.74) is 0.920. The molecule has 0 amide bonds. The van der Waals surface area contributed by atoms with E-state index < -0.39 is 0 Å². The number of benzene rings is 1. The van der Waals surface area contributed by atoms with Crippen LogP contribution in [0.25, 0.3) is 0 Å². The number of hydrogen-bond donors (Lipinski definition) is 0. The largest absolute Gasteiger partial charge is 0.366 e. The Hall–Kier alpha value is -1.14. The highest BCUT2D eigenvalue weighted by Crippen LogP contribution is 2.34. The van der Waals surface area contributed by atoms with E-state index in [1.165, 1.54) is 0 Å². The third kappa shape index (κ3) is 3.49. The molecular weight excluding hydrogens is 322 g/mol. The molecule has 0 aromatic heterocycles. The molecule has 1 heterocycles. The number of rotatable bonds is 5. The lowest BCUT2D eigenvalue weighted by molar-refractivity contribution is -0.384. The van der Waals surface area contributed by atoms with Crippen LogP contribution in [0, 0.1) is 16.0 Å². The maximum absolute atomic E-state index is 11.2. The van der Waals surface area contributed by atoms with E-state index >= 15 is 0 Å². The van der Waals surface area contributed by atoms with E-state index in [1.807, 2.05) is 6.07 Å². The number of nitro groups is 1. The van der Waals surface area contributed by atoms with E-state index in [0.29, 0.717) is 5.92 Å². The number of anilines is 1. The molecule has 0 saturated carbocycles. The highest BCUT2D eigenvalue weighted by Gasteiger charge is 2.28. The van der Waals surface area contributed by atoms with Gasteiger partial charge in [0, 0.05) is 30.2 Å². The third-order valence-corrected chi connectivity index (χ3v) is 4.36. The van der Waals surface area contributed by atoms with Crippen molar-refractivity contribution in [1.82, 2.24) is 4.90 Å². The van der Waals surface area contributed by atoms with Gasteiger partial charge in [-0.15, -0.1) is 0 Å². The van der Waals surface area contributed by atoms with E-state index in [-0.39, 0.29) is 10.6 Å². The average molecular weight is 342 g/mol. The van der Waals surface area contributed by atoms with Gasteiger partial charge in [0.1, 0.15) is 5.69 Å². The molecule has 1 aliphatic heterocycles. The summed E-state index contributed by atoms with van der Waals surface area (Å²) in [5, 5.41) is 11.2. The predicted octanol–water partition coefficient (Wildman–Crippen LogP) is 3.14. The van der Waals surface area contributed by atoms with Crippen molar-refractivity contribution in [3.05, 3.63) is 32.8 Å². The molecule has 0 radical (unpaired) electrons. The van der Waals surface area contributed by atoms with Gasteiger partial charge in [-0.2, -0.15) is 0 Å². The Kier molecular flexibility index (Phi) is 4.99. The van der Waals surface area contributed by atoms with Crippen LogP contribution >= 0.6 is 15.9 Å². The lowest BCUT2D eigenvalue weighted by Gasteiger charge is -2.21. The van der Waals surface area contributed by atoms with Crippen molar-refractivity contribution in [2.75, 3.05) is 38.1 Å². The maximum Gasteiger partial charge on any atom is 0.292 e. The van der Waals surface area contributed by atoms with Crippen molar-refractivity contribution < 1.29 is 4.92 Å². The average Bonchev–Trinajstić information content (AvgIpc) is 2.86. The summed E-state index contributed by atoms with van der Waals surface area (Å²) in [6.07, 6.45) is 1.09. The van der Waals surface area contributed by atoms with Crippen LogP contribution < -0.4 is 4.90 Å². The standard InChI is InChI=1S/C14H20BrN3O2/c1-3-16(2)9-11-6-7-17(10-11)14-8-12(15)4-5-13(14)18(19)20/h4-5,8,11H,3,6-7,9-10H2,1-2H3. The van der Waals surface area contributed by atoms with Crippen LogP contribution in [-0.4, -0.2) is 43.0 Å². The minimum atomic E-state index is -0.298. The Balaban J connectivity index is 2.13. The zero-order chi connectivity index (χ0) is 14.7. The molecule has 2 rings (SSSR count). The molecule has 0 bridgehead atoms. The van der Waals surface area contributed by atoms with Crippen molar-refractivity contribution in [1.29, 1.82) is 0 Å². The molecule has 0 spiro atoms. The number of hydrogen-bond acceptors (Lipinski definition) is 4. The minimum absolute atomic E-state index is 0.192. The van der Waals surface area contributed by atoms with Crippen molar-refractivity contribution in [2.24, 2.45) is 5.92 Å². The zero-order valence-corrected chi connectivity index (χ0v) is 13.5. The van der Waals surface area contributed by atoms with Gasteiger partial charge in [0.05, 0.1) is 4.92 Å². The van der Waals surface area contributed by atoms with Crippen LogP contribution in [-0.2, 0) is 0 Å². The van der Waals surface area contributed by atoms with Crippen LogP contribution in [0.4, 0.5) is 11.4 Å². The smallest absolute Gasteiger partial charge is 0.292 e. The van der Waals surface area contributed by atoms with Gasteiger partial charge in [-0.1, -0.05) is 22.9 Å². The highest BCUT2D eigenvalue weighted by molar-refractivity contribution is 9.10. The zero-order valence-electron chi connectivity index (χ0n) is 11.9. The van der Waals surface area contributed by atoms with E-state index in [2.05, 4.69) is 39.7 Å². The van der Waals surface area contributed by atoms with Crippen molar-refractivity contribution in [2.45, 2.75) is 13.3 Å². The predicted molar refractivity (Wildman–Crippen MR) is 84.3 cm³/mol. The van der Waals surface area contributed by atoms with Crippen LogP contribution in [0.2, 0.25) is 0 Å². The molecule has 1 unspecified atom stereocenters. The lowest BCUT2D eigenvalue weighted by Crippen LogP contribution is -2.28. The Morgan fingerprint density at radius 1 is 1.55 bits per heavy atom. The molecule has 1 aromatic carbocycles. The number of halogens is 1. The SMILES string of the molecule is CCN(C)CC1CCN(c2cc(Br)ccc2[N+](=O)[O-])C1. The van der Waals surface area contributed by atoms with Gasteiger partial charge >= 0.3 is 0 Å². The van der Waals surface area contributed by atoms with Crippen LogP contribution in [0.3, 0.4) is 0 Å². The molecule has 0 aliphatic carbocycles. The minimum Gasteiger partial charge on any atom is -0.366 e. The molecule has 110 valence electrons. The quantitative estimate of drug-likeness (QED) is 0.609. The van der Waals surface area contributed by atoms with Crippen molar-refractivity contribution >= 4 is 27.3 Å². The van der Waals surface area contributed by atoms with Crippen LogP contribution in [0.15, 0.2) is 22.7 Å². The van der Waals surface area contributed by atoms with Gasteiger partial charge in [-0.05, 0) is 38.1 Å². The molecule has 5 nitrogen and oxygen atoms in total. The van der Waals surface area contributed by atoms with E-state index in [9.17, 15) is 10.1 Å². The van der Waals surface area contributed by atoms with Gasteiger partial charge in [0.15, 0.2) is 0 Å². The molecular formula is C14H20BrN3O2. The van der Waals surface area contributed by atoms with E-state index in [0.717, 1.165) is 42.8 Å². The first-order valence-electron chi connectivity index (χ1n) is 6.88. The first-order chi connectivity index (χ1) is 9.51. The molecule has 1 aliphatic rings. The second-order valence-corrected chi connectivity index (χ2v) is 6.26. The van der Waals surface area contributed by atoms with Crippen LogP contribution in [0.5, 0.6) is 0 Å². The lowest BCUT2D eigenvalue weighted by atomic mass is 10.1. The fourth-order valence-electron chi connectivity index (χ4n) is 2.67. The Morgan fingerprint density at radius 3 is 2.95 bits per heavy atom. The normalized spacial score (nSPS) is 18.8. The molecule has 1 saturated heterocycles. The first-order valence-corrected chi connectivity index (χ1v) is 7.68. The van der Waals surface area contributed by atoms with Gasteiger partial charge < -0.3 is 9.80 Å². The monoisotopic (exact) mass is 341 g/mol. The fraction of sp³-hybridized carbons (Fsp3) is 0.571. The van der Waals surface area contributed by atoms with Gasteiger partial charge in [0.25, 0.3) is 5.69 Å². The molecule has 1 aromatic rings. The summed E-state index contributed by atoms with van der Waals surface area (Å²) in [6, 6.07) is 5.15. The Bertz CT molecular complexity index is 495. The maximum atomic E-state index is 11.2. The summed E-state index contributed by atoms with van der Waals surface area (Å²) < 4.78 is 0.882. The topological polar surface area (TPSA) is 49.6 Å². The first kappa shape index (κ1) is 15.3. The second kappa shape index (κ2) is 6.54.